The highest BCUT2D eigenvalue weighted by Crippen LogP contribution is 2.30. The van der Waals surface area contributed by atoms with E-state index in [9.17, 15) is 9.90 Å². The lowest BCUT2D eigenvalue weighted by Crippen LogP contribution is -1.67. The predicted octanol–water partition coefficient (Wildman–Crippen LogP) is 2.60. The van der Waals surface area contributed by atoms with E-state index < -0.39 is 0 Å². The smallest absolute Gasteiger partial charge is 0.185 e. The van der Waals surface area contributed by atoms with E-state index in [1.165, 1.54) is 6.07 Å². The van der Waals surface area contributed by atoms with Gasteiger partial charge >= 0.3 is 0 Å². The van der Waals surface area contributed by atoms with Crippen LogP contribution in [0.3, 0.4) is 0 Å². The van der Waals surface area contributed by atoms with Gasteiger partial charge in [0.15, 0.2) is 12.0 Å². The van der Waals surface area contributed by atoms with Crippen LogP contribution in [0.2, 0.25) is 5.02 Å². The van der Waals surface area contributed by atoms with Crippen LogP contribution in [-0.2, 0) is 0 Å². The maximum Gasteiger partial charge on any atom is 0.185 e. The molecule has 0 aliphatic heterocycles. The average molecular weight is 197 g/mol. The molecule has 0 saturated carbocycles. The third-order valence-electron chi connectivity index (χ3n) is 1.72. The van der Waals surface area contributed by atoms with Crippen molar-refractivity contribution in [1.82, 2.24) is 0 Å². The summed E-state index contributed by atoms with van der Waals surface area (Å²) in [5.74, 6) is 0.164. The van der Waals surface area contributed by atoms with Gasteiger partial charge in [-0.15, -0.1) is 0 Å². The second-order valence-electron chi connectivity index (χ2n) is 2.61. The molecule has 0 saturated heterocycles. The maximum absolute atomic E-state index is 10.4. The van der Waals surface area contributed by atoms with E-state index in [2.05, 4.69) is 0 Å². The van der Waals surface area contributed by atoms with Gasteiger partial charge in [-0.1, -0.05) is 11.6 Å². The number of hydrogen-bond donors (Lipinski definition) is 1. The molecular weight excluding hydrogens is 192 g/mol. The van der Waals surface area contributed by atoms with E-state index >= 15 is 0 Å². The highest BCUT2D eigenvalue weighted by atomic mass is 35.5. The molecule has 0 fully saturated rings. The number of carbonyl (C=O) groups is 1. The van der Waals surface area contributed by atoms with Gasteiger partial charge in [0.05, 0.1) is 5.02 Å². The number of phenolic OH excluding ortho intramolecular Hbond substituents is 1. The molecular formula is C9H5ClO3. The van der Waals surface area contributed by atoms with E-state index in [4.69, 9.17) is 16.0 Å². The lowest BCUT2D eigenvalue weighted by Gasteiger charge is -1.93. The molecule has 66 valence electrons. The Labute approximate surface area is 78.5 Å². The fraction of sp³-hybridized carbons (Fsp3) is 0. The molecule has 0 atom stereocenters. The van der Waals surface area contributed by atoms with Gasteiger partial charge in [0.25, 0.3) is 0 Å². The zero-order chi connectivity index (χ0) is 9.42. The van der Waals surface area contributed by atoms with Gasteiger partial charge in [-0.3, -0.25) is 4.79 Å². The van der Waals surface area contributed by atoms with Gasteiger partial charge in [0, 0.05) is 11.5 Å². The zero-order valence-electron chi connectivity index (χ0n) is 6.45. The van der Waals surface area contributed by atoms with E-state index in [1.807, 2.05) is 0 Å². The summed E-state index contributed by atoms with van der Waals surface area (Å²) in [5.41, 5.74) is 0.448. The number of phenols is 1. The molecule has 1 N–H and O–H groups in total. The van der Waals surface area contributed by atoms with Crippen molar-refractivity contribution in [2.45, 2.75) is 0 Å². The first-order valence-corrected chi connectivity index (χ1v) is 3.96. The fourth-order valence-electron chi connectivity index (χ4n) is 1.13. The number of benzene rings is 1. The highest BCUT2D eigenvalue weighted by Gasteiger charge is 2.06. The molecule has 0 radical (unpaired) electrons. The first-order valence-electron chi connectivity index (χ1n) is 3.58. The van der Waals surface area contributed by atoms with Gasteiger partial charge in [-0.25, -0.2) is 0 Å². The minimum atomic E-state index is -0.0547. The largest absolute Gasteiger partial charge is 0.506 e. The van der Waals surface area contributed by atoms with Gasteiger partial charge in [-0.2, -0.15) is 0 Å². The lowest BCUT2D eigenvalue weighted by molar-refractivity contribution is 0.110. The Balaban J connectivity index is 2.77. The summed E-state index contributed by atoms with van der Waals surface area (Å²) in [4.78, 5) is 10.4. The van der Waals surface area contributed by atoms with Crippen molar-refractivity contribution in [2.75, 3.05) is 0 Å². The summed E-state index contributed by atoms with van der Waals surface area (Å²) in [5, 5.41) is 10.2. The Hall–Kier alpha value is -1.48. The lowest BCUT2D eigenvalue weighted by atomic mass is 10.2. The number of carbonyl (C=O) groups excluding carboxylic acids is 1. The molecule has 0 unspecified atom stereocenters. The van der Waals surface area contributed by atoms with Crippen LogP contribution in [0.5, 0.6) is 5.75 Å². The van der Waals surface area contributed by atoms with Gasteiger partial charge in [0.2, 0.25) is 0 Å². The molecule has 4 heteroatoms. The number of rotatable bonds is 1. The normalized spacial score (nSPS) is 10.5. The molecule has 1 aromatic carbocycles. The minimum absolute atomic E-state index is 0.0547. The third kappa shape index (κ3) is 1.27. The molecule has 0 aliphatic rings. The predicted molar refractivity (Wildman–Crippen MR) is 48.3 cm³/mol. The number of aldehydes is 1. The average Bonchev–Trinajstić information content (AvgIpc) is 2.48. The number of aromatic hydroxyl groups is 1. The topological polar surface area (TPSA) is 50.4 Å². The van der Waals surface area contributed by atoms with Crippen LogP contribution in [0.25, 0.3) is 11.0 Å². The Morgan fingerprint density at radius 2 is 2.15 bits per heavy atom. The van der Waals surface area contributed by atoms with Crippen LogP contribution in [-0.4, -0.2) is 11.4 Å². The van der Waals surface area contributed by atoms with Crippen LogP contribution in [0.4, 0.5) is 0 Å². The molecule has 1 aromatic heterocycles. The molecule has 2 rings (SSSR count). The second kappa shape index (κ2) is 2.78. The van der Waals surface area contributed by atoms with E-state index in [-0.39, 0.29) is 16.5 Å². The molecule has 0 amide bonds. The highest BCUT2D eigenvalue weighted by molar-refractivity contribution is 6.32. The number of fused-ring (bicyclic) bond motifs is 1. The summed E-state index contributed by atoms with van der Waals surface area (Å²) in [6.07, 6.45) is 0.602. The molecule has 2 aromatic rings. The Bertz CT molecular complexity index is 434. The van der Waals surface area contributed by atoms with Crippen molar-refractivity contribution in [1.29, 1.82) is 0 Å². The minimum Gasteiger partial charge on any atom is -0.506 e. The summed E-state index contributed by atoms with van der Waals surface area (Å²) in [7, 11) is 0. The van der Waals surface area contributed by atoms with Crippen molar-refractivity contribution in [3.05, 3.63) is 29.0 Å². The first kappa shape index (κ1) is 8.13. The third-order valence-corrected chi connectivity index (χ3v) is 2.02. The molecule has 1 heterocycles. The van der Waals surface area contributed by atoms with Crippen LogP contribution in [0.1, 0.15) is 10.6 Å². The Morgan fingerprint density at radius 1 is 1.38 bits per heavy atom. The SMILES string of the molecule is O=Cc1cc2cc(Cl)c(O)cc2o1. The number of halogens is 1. The Kier molecular flexibility index (Phi) is 1.74. The van der Waals surface area contributed by atoms with E-state index in [0.717, 1.165) is 0 Å². The molecule has 3 nitrogen and oxygen atoms in total. The molecule has 0 bridgehead atoms. The van der Waals surface area contributed by atoms with Crippen molar-refractivity contribution < 1.29 is 14.3 Å². The van der Waals surface area contributed by atoms with E-state index in [0.29, 0.717) is 17.3 Å². The fourth-order valence-corrected chi connectivity index (χ4v) is 1.30. The Morgan fingerprint density at radius 3 is 2.85 bits per heavy atom. The van der Waals surface area contributed by atoms with Crippen molar-refractivity contribution in [3.8, 4) is 5.75 Å². The monoisotopic (exact) mass is 196 g/mol. The standard InChI is InChI=1S/C9H5ClO3/c10-7-2-5-1-6(4-11)13-9(5)3-8(7)12/h1-4,12H. The zero-order valence-corrected chi connectivity index (χ0v) is 7.21. The van der Waals surface area contributed by atoms with Gasteiger partial charge in [0.1, 0.15) is 11.3 Å². The van der Waals surface area contributed by atoms with Gasteiger partial charge in [-0.05, 0) is 12.1 Å². The van der Waals surface area contributed by atoms with E-state index in [1.54, 1.807) is 12.1 Å². The summed E-state index contributed by atoms with van der Waals surface area (Å²) >= 11 is 5.66. The summed E-state index contributed by atoms with van der Waals surface area (Å²) in [6.45, 7) is 0. The number of furan rings is 1. The molecule has 13 heavy (non-hydrogen) atoms. The summed E-state index contributed by atoms with van der Waals surface area (Å²) in [6, 6.07) is 4.49. The quantitative estimate of drug-likeness (QED) is 0.714. The van der Waals surface area contributed by atoms with Crippen LogP contribution < -0.4 is 0 Å². The maximum atomic E-state index is 10.4. The van der Waals surface area contributed by atoms with Crippen molar-refractivity contribution >= 4 is 28.9 Å². The van der Waals surface area contributed by atoms with Crippen LogP contribution in [0.15, 0.2) is 22.6 Å². The van der Waals surface area contributed by atoms with Crippen molar-refractivity contribution in [2.24, 2.45) is 0 Å². The van der Waals surface area contributed by atoms with Crippen molar-refractivity contribution in [3.63, 3.8) is 0 Å². The number of hydrogen-bond acceptors (Lipinski definition) is 3. The van der Waals surface area contributed by atoms with Crippen LogP contribution >= 0.6 is 11.6 Å². The second-order valence-corrected chi connectivity index (χ2v) is 3.02. The molecule has 0 spiro atoms. The first-order chi connectivity index (χ1) is 6.20. The van der Waals surface area contributed by atoms with Gasteiger partial charge < -0.3 is 9.52 Å². The molecule has 0 aliphatic carbocycles. The summed E-state index contributed by atoms with van der Waals surface area (Å²) < 4.78 is 5.07. The van der Waals surface area contributed by atoms with Crippen LogP contribution in [0, 0.1) is 0 Å².